The van der Waals surface area contributed by atoms with Crippen molar-refractivity contribution < 1.29 is 9.18 Å². The van der Waals surface area contributed by atoms with Crippen molar-refractivity contribution in [1.82, 2.24) is 9.55 Å². The molecule has 3 heterocycles. The number of halogens is 1. The Morgan fingerprint density at radius 2 is 2.03 bits per heavy atom. The Bertz CT molecular complexity index is 1210. The predicted molar refractivity (Wildman–Crippen MR) is 117 cm³/mol. The van der Waals surface area contributed by atoms with E-state index in [4.69, 9.17) is 0 Å². The highest BCUT2D eigenvalue weighted by atomic mass is 32.1. The highest BCUT2D eigenvalue weighted by molar-refractivity contribution is 7.18. The Labute approximate surface area is 178 Å². The minimum atomic E-state index is -0.344. The second-order valence-electron chi connectivity index (χ2n) is 8.29. The molecule has 0 atom stereocenters. The Morgan fingerprint density at radius 3 is 2.90 bits per heavy atom. The van der Waals surface area contributed by atoms with Gasteiger partial charge in [-0.05, 0) is 68.2 Å². The van der Waals surface area contributed by atoms with Gasteiger partial charge in [-0.2, -0.15) is 0 Å². The number of carbonyl (C=O) groups excluding carboxylic acids is 1. The Balaban J connectivity index is 1.40. The molecular formula is C23H24FN3O2S. The summed E-state index contributed by atoms with van der Waals surface area (Å²) in [5.74, 6) is -0.499. The minimum absolute atomic E-state index is 0.0620. The lowest BCUT2D eigenvalue weighted by Gasteiger charge is -2.30. The zero-order chi connectivity index (χ0) is 20.8. The van der Waals surface area contributed by atoms with Crippen molar-refractivity contribution in [2.45, 2.75) is 58.4 Å². The topological polar surface area (TPSA) is 55.2 Å². The van der Waals surface area contributed by atoms with Crippen LogP contribution >= 0.6 is 11.3 Å². The van der Waals surface area contributed by atoms with Crippen LogP contribution in [0.1, 0.15) is 47.3 Å². The molecule has 2 aromatic heterocycles. The molecule has 5 nitrogen and oxygen atoms in total. The van der Waals surface area contributed by atoms with E-state index < -0.39 is 0 Å². The summed E-state index contributed by atoms with van der Waals surface area (Å²) < 4.78 is 16.2. The first-order valence-corrected chi connectivity index (χ1v) is 11.4. The molecule has 0 fully saturated rings. The van der Waals surface area contributed by atoms with E-state index in [2.05, 4.69) is 4.98 Å². The number of rotatable bonds is 3. The van der Waals surface area contributed by atoms with E-state index in [9.17, 15) is 14.0 Å². The predicted octanol–water partition coefficient (Wildman–Crippen LogP) is 4.15. The number of hydrogen-bond donors (Lipinski definition) is 0. The van der Waals surface area contributed by atoms with Gasteiger partial charge in [0.1, 0.15) is 10.6 Å². The Morgan fingerprint density at radius 1 is 1.20 bits per heavy atom. The average Bonchev–Trinajstić information content (AvgIpc) is 3.11. The summed E-state index contributed by atoms with van der Waals surface area (Å²) in [5.41, 5.74) is 3.25. The van der Waals surface area contributed by atoms with E-state index in [-0.39, 0.29) is 30.2 Å². The first-order chi connectivity index (χ1) is 14.5. The van der Waals surface area contributed by atoms with E-state index in [1.165, 1.54) is 15.5 Å². The molecule has 0 radical (unpaired) electrons. The first-order valence-electron chi connectivity index (χ1n) is 10.6. The fourth-order valence-corrected chi connectivity index (χ4v) is 6.00. The van der Waals surface area contributed by atoms with Crippen molar-refractivity contribution in [3.05, 3.63) is 56.2 Å². The number of thiophene rings is 1. The van der Waals surface area contributed by atoms with Crippen molar-refractivity contribution in [3.8, 4) is 0 Å². The normalized spacial score (nSPS) is 15.9. The van der Waals surface area contributed by atoms with Gasteiger partial charge < -0.3 is 4.90 Å². The van der Waals surface area contributed by atoms with Gasteiger partial charge in [-0.15, -0.1) is 11.3 Å². The van der Waals surface area contributed by atoms with Gasteiger partial charge in [-0.1, -0.05) is 6.07 Å². The number of anilines is 1. The third-order valence-corrected chi connectivity index (χ3v) is 7.39. The SMILES string of the molecule is Cc1cc(F)c2c(c1)CCCN2C(=O)CCn1cnc2sc3c(c2c1=O)CCCC3. The summed E-state index contributed by atoms with van der Waals surface area (Å²) in [5, 5.41) is 0.731. The summed E-state index contributed by atoms with van der Waals surface area (Å²) >= 11 is 1.62. The number of carbonyl (C=O) groups is 1. The number of aryl methyl sites for hydroxylation is 5. The quantitative estimate of drug-likeness (QED) is 0.633. The standard InChI is InChI=1S/C23H24FN3O2S/c1-14-11-15-5-4-9-27(21(15)17(24)12-14)19(28)8-10-26-13-25-22-20(23(26)29)16-6-2-3-7-18(16)30-22/h11-13H,2-10H2,1H3. The molecular weight excluding hydrogens is 401 g/mol. The van der Waals surface area contributed by atoms with E-state index >= 15 is 0 Å². The van der Waals surface area contributed by atoms with Crippen molar-refractivity contribution in [2.75, 3.05) is 11.4 Å². The van der Waals surface area contributed by atoms with E-state index in [1.54, 1.807) is 22.6 Å². The third kappa shape index (κ3) is 3.25. The number of nitrogens with zero attached hydrogens (tertiary/aromatic N) is 3. The van der Waals surface area contributed by atoms with Gasteiger partial charge in [0, 0.05) is 24.4 Å². The van der Waals surface area contributed by atoms with E-state index in [1.807, 2.05) is 13.0 Å². The van der Waals surface area contributed by atoms with Crippen LogP contribution in [0.4, 0.5) is 10.1 Å². The number of fused-ring (bicyclic) bond motifs is 4. The third-order valence-electron chi connectivity index (χ3n) is 6.19. The average molecular weight is 426 g/mol. The molecule has 5 rings (SSSR count). The lowest BCUT2D eigenvalue weighted by molar-refractivity contribution is -0.119. The fourth-order valence-electron chi connectivity index (χ4n) is 4.78. The fraction of sp³-hybridized carbons (Fsp3) is 0.435. The summed E-state index contributed by atoms with van der Waals surface area (Å²) in [7, 11) is 0. The first kappa shape index (κ1) is 19.4. The van der Waals surface area contributed by atoms with Crippen LogP contribution in [-0.2, 0) is 30.6 Å². The molecule has 30 heavy (non-hydrogen) atoms. The molecule has 0 bridgehead atoms. The van der Waals surface area contributed by atoms with Crippen LogP contribution in [-0.4, -0.2) is 22.0 Å². The van der Waals surface area contributed by atoms with Crippen LogP contribution in [0.2, 0.25) is 0 Å². The molecule has 1 amide bonds. The van der Waals surface area contributed by atoms with Gasteiger partial charge >= 0.3 is 0 Å². The maximum Gasteiger partial charge on any atom is 0.262 e. The monoisotopic (exact) mass is 425 g/mol. The summed E-state index contributed by atoms with van der Waals surface area (Å²) in [6.07, 6.45) is 7.50. The lowest BCUT2D eigenvalue weighted by atomic mass is 9.97. The molecule has 2 aliphatic rings. The maximum absolute atomic E-state index is 14.6. The number of aromatic nitrogens is 2. The van der Waals surface area contributed by atoms with E-state index in [0.717, 1.165) is 65.4 Å². The van der Waals surface area contributed by atoms with E-state index in [0.29, 0.717) is 12.2 Å². The van der Waals surface area contributed by atoms with Crippen LogP contribution in [0.3, 0.4) is 0 Å². The second kappa shape index (κ2) is 7.61. The molecule has 0 saturated carbocycles. The van der Waals surface area contributed by atoms with Crippen molar-refractivity contribution in [2.24, 2.45) is 0 Å². The highest BCUT2D eigenvalue weighted by Crippen LogP contribution is 2.34. The molecule has 156 valence electrons. The van der Waals surface area contributed by atoms with Gasteiger partial charge in [-0.3, -0.25) is 14.2 Å². The molecule has 0 N–H and O–H groups in total. The van der Waals surface area contributed by atoms with Crippen molar-refractivity contribution >= 4 is 33.1 Å². The van der Waals surface area contributed by atoms with Gasteiger partial charge in [0.25, 0.3) is 5.56 Å². The Kier molecular flexibility index (Phi) is 4.93. The molecule has 0 saturated heterocycles. The largest absolute Gasteiger partial charge is 0.309 e. The molecule has 1 aliphatic carbocycles. The summed E-state index contributed by atoms with van der Waals surface area (Å²) in [6.45, 7) is 2.63. The number of amides is 1. The van der Waals surface area contributed by atoms with Crippen LogP contribution in [0.5, 0.6) is 0 Å². The van der Waals surface area contributed by atoms with Crippen LogP contribution < -0.4 is 10.5 Å². The van der Waals surface area contributed by atoms with Crippen LogP contribution in [0.15, 0.2) is 23.3 Å². The van der Waals surface area contributed by atoms with Crippen molar-refractivity contribution in [1.29, 1.82) is 0 Å². The summed E-state index contributed by atoms with van der Waals surface area (Å²) in [4.78, 5) is 34.2. The highest BCUT2D eigenvalue weighted by Gasteiger charge is 2.26. The van der Waals surface area contributed by atoms with Crippen LogP contribution in [0.25, 0.3) is 10.2 Å². The smallest absolute Gasteiger partial charge is 0.262 e. The molecule has 7 heteroatoms. The van der Waals surface area contributed by atoms with Gasteiger partial charge in [0.05, 0.1) is 17.4 Å². The summed E-state index contributed by atoms with van der Waals surface area (Å²) in [6, 6.07) is 3.44. The molecule has 1 aromatic carbocycles. The van der Waals surface area contributed by atoms with Gasteiger partial charge in [0.2, 0.25) is 5.91 Å². The van der Waals surface area contributed by atoms with Gasteiger partial charge in [0.15, 0.2) is 0 Å². The zero-order valence-corrected chi connectivity index (χ0v) is 17.9. The zero-order valence-electron chi connectivity index (χ0n) is 17.0. The number of hydrogen-bond acceptors (Lipinski definition) is 4. The van der Waals surface area contributed by atoms with Crippen molar-refractivity contribution in [3.63, 3.8) is 0 Å². The number of benzene rings is 1. The van der Waals surface area contributed by atoms with Crippen LogP contribution in [0, 0.1) is 12.7 Å². The lowest BCUT2D eigenvalue weighted by Crippen LogP contribution is -2.37. The minimum Gasteiger partial charge on any atom is -0.309 e. The maximum atomic E-state index is 14.6. The Hall–Kier alpha value is -2.54. The van der Waals surface area contributed by atoms with Gasteiger partial charge in [-0.25, -0.2) is 9.37 Å². The second-order valence-corrected chi connectivity index (χ2v) is 9.37. The molecule has 0 unspecified atom stereocenters. The molecule has 1 aliphatic heterocycles. The molecule has 3 aromatic rings. The molecule has 0 spiro atoms.